The molecule has 0 fully saturated rings. The summed E-state index contributed by atoms with van der Waals surface area (Å²) in [6, 6.07) is 7.98. The molecule has 0 aliphatic heterocycles. The minimum atomic E-state index is -4.68. The molecule has 0 saturated heterocycles. The lowest BCUT2D eigenvalue weighted by molar-refractivity contribution is -0.274. The van der Waals surface area contributed by atoms with E-state index in [0.29, 0.717) is 12.1 Å². The van der Waals surface area contributed by atoms with Gasteiger partial charge in [0.15, 0.2) is 0 Å². The molecule has 2 rings (SSSR count). The maximum Gasteiger partial charge on any atom is 0.573 e. The van der Waals surface area contributed by atoms with Gasteiger partial charge < -0.3 is 10.1 Å². The van der Waals surface area contributed by atoms with Crippen LogP contribution in [0.25, 0.3) is 0 Å². The normalized spacial score (nSPS) is 11.4. The van der Waals surface area contributed by atoms with Crippen molar-refractivity contribution >= 4 is 0 Å². The number of pyridine rings is 1. The number of nitrogens with one attached hydrogen (secondary N) is 1. The lowest BCUT2D eigenvalue weighted by Gasteiger charge is -2.14. The van der Waals surface area contributed by atoms with Crippen LogP contribution in [0.1, 0.15) is 16.7 Å². The first-order valence-electron chi connectivity index (χ1n) is 6.39. The molecule has 1 N–H and O–H groups in total. The fourth-order valence-corrected chi connectivity index (χ4v) is 1.89. The lowest BCUT2D eigenvalue weighted by Crippen LogP contribution is -2.20. The number of nitrogens with zero attached hydrogens (tertiary/aromatic N) is 1. The molecule has 2 aromatic rings. The van der Waals surface area contributed by atoms with Crippen LogP contribution in [0.4, 0.5) is 13.2 Å². The van der Waals surface area contributed by atoms with Crippen LogP contribution in [0.15, 0.2) is 42.7 Å². The Balaban J connectivity index is 1.99. The van der Waals surface area contributed by atoms with E-state index in [2.05, 4.69) is 15.0 Å². The SMILES string of the molecule is Cc1ccncc1CNCc1ccccc1OC(F)(F)F. The summed E-state index contributed by atoms with van der Waals surface area (Å²) in [4.78, 5) is 4.02. The van der Waals surface area contributed by atoms with E-state index in [1.165, 1.54) is 12.1 Å². The highest BCUT2D eigenvalue weighted by atomic mass is 19.4. The van der Waals surface area contributed by atoms with Gasteiger partial charge in [0.25, 0.3) is 0 Å². The predicted octanol–water partition coefficient (Wildman–Crippen LogP) is 3.58. The molecule has 0 aliphatic carbocycles. The van der Waals surface area contributed by atoms with Crippen LogP contribution in [-0.4, -0.2) is 11.3 Å². The highest BCUT2D eigenvalue weighted by molar-refractivity contribution is 5.33. The summed E-state index contributed by atoms with van der Waals surface area (Å²) in [6.07, 6.45) is -1.25. The molecule has 0 saturated carbocycles. The van der Waals surface area contributed by atoms with Crippen molar-refractivity contribution in [1.82, 2.24) is 10.3 Å². The van der Waals surface area contributed by atoms with Crippen LogP contribution >= 0.6 is 0 Å². The van der Waals surface area contributed by atoms with Gasteiger partial charge in [0.2, 0.25) is 0 Å². The van der Waals surface area contributed by atoms with Crippen molar-refractivity contribution in [2.45, 2.75) is 26.4 Å². The first-order valence-corrected chi connectivity index (χ1v) is 6.39. The van der Waals surface area contributed by atoms with E-state index in [0.717, 1.165) is 11.1 Å². The standard InChI is InChI=1S/C15H15F3N2O/c1-11-6-7-19-9-13(11)10-20-8-12-4-2-3-5-14(12)21-15(16,17)18/h2-7,9,20H,8,10H2,1H3. The van der Waals surface area contributed by atoms with Gasteiger partial charge in [-0.3, -0.25) is 4.98 Å². The van der Waals surface area contributed by atoms with E-state index in [1.807, 2.05) is 13.0 Å². The van der Waals surface area contributed by atoms with Crippen molar-refractivity contribution in [3.8, 4) is 5.75 Å². The average molecular weight is 296 g/mol. The van der Waals surface area contributed by atoms with E-state index < -0.39 is 6.36 Å². The van der Waals surface area contributed by atoms with Gasteiger partial charge in [-0.1, -0.05) is 18.2 Å². The number of ether oxygens (including phenoxy) is 1. The van der Waals surface area contributed by atoms with Crippen molar-refractivity contribution in [2.75, 3.05) is 0 Å². The molecule has 0 atom stereocenters. The molecular formula is C15H15F3N2O. The zero-order chi connectivity index (χ0) is 15.3. The summed E-state index contributed by atoms with van der Waals surface area (Å²) >= 11 is 0. The number of hydrogen-bond donors (Lipinski definition) is 1. The maximum absolute atomic E-state index is 12.3. The topological polar surface area (TPSA) is 34.2 Å². The molecule has 3 nitrogen and oxygen atoms in total. The molecule has 21 heavy (non-hydrogen) atoms. The Labute approximate surface area is 120 Å². The molecule has 0 radical (unpaired) electrons. The quantitative estimate of drug-likeness (QED) is 0.915. The van der Waals surface area contributed by atoms with E-state index in [9.17, 15) is 13.2 Å². The fraction of sp³-hybridized carbons (Fsp3) is 0.267. The number of rotatable bonds is 5. The van der Waals surface area contributed by atoms with Crippen molar-refractivity contribution in [3.63, 3.8) is 0 Å². The number of halogens is 3. The van der Waals surface area contributed by atoms with Crippen LogP contribution in [0.2, 0.25) is 0 Å². The highest BCUT2D eigenvalue weighted by Crippen LogP contribution is 2.26. The summed E-state index contributed by atoms with van der Waals surface area (Å²) in [5, 5.41) is 3.10. The number of aromatic nitrogens is 1. The molecule has 0 spiro atoms. The second kappa shape index (κ2) is 6.58. The van der Waals surface area contributed by atoms with Gasteiger partial charge in [-0.15, -0.1) is 13.2 Å². The largest absolute Gasteiger partial charge is 0.573 e. The molecule has 1 aromatic heterocycles. The Kier molecular flexibility index (Phi) is 4.80. The lowest BCUT2D eigenvalue weighted by atomic mass is 10.1. The average Bonchev–Trinajstić information content (AvgIpc) is 2.41. The predicted molar refractivity (Wildman–Crippen MR) is 72.6 cm³/mol. The van der Waals surface area contributed by atoms with Crippen LogP contribution in [-0.2, 0) is 13.1 Å². The third kappa shape index (κ3) is 4.75. The van der Waals surface area contributed by atoms with Crippen molar-refractivity contribution < 1.29 is 17.9 Å². The van der Waals surface area contributed by atoms with Crippen LogP contribution in [0.5, 0.6) is 5.75 Å². The van der Waals surface area contributed by atoms with Gasteiger partial charge >= 0.3 is 6.36 Å². The number of alkyl halides is 3. The third-order valence-corrected chi connectivity index (χ3v) is 2.98. The summed E-state index contributed by atoms with van der Waals surface area (Å²) in [5.41, 5.74) is 2.54. The zero-order valence-electron chi connectivity index (χ0n) is 11.4. The summed E-state index contributed by atoms with van der Waals surface area (Å²) in [6.45, 7) is 2.76. The first-order chi connectivity index (χ1) is 9.96. The molecule has 0 bridgehead atoms. The van der Waals surface area contributed by atoms with E-state index in [-0.39, 0.29) is 12.3 Å². The minimum Gasteiger partial charge on any atom is -0.405 e. The Morgan fingerprint density at radius 1 is 1.10 bits per heavy atom. The fourth-order valence-electron chi connectivity index (χ4n) is 1.89. The molecule has 0 aliphatic rings. The van der Waals surface area contributed by atoms with Crippen molar-refractivity contribution in [3.05, 3.63) is 59.4 Å². The second-order valence-electron chi connectivity index (χ2n) is 4.56. The number of hydrogen-bond acceptors (Lipinski definition) is 3. The van der Waals surface area contributed by atoms with Gasteiger partial charge in [-0.2, -0.15) is 0 Å². The monoisotopic (exact) mass is 296 g/mol. The Morgan fingerprint density at radius 2 is 1.81 bits per heavy atom. The number of aryl methyl sites for hydroxylation is 1. The molecule has 1 aromatic carbocycles. The van der Waals surface area contributed by atoms with Gasteiger partial charge in [-0.25, -0.2) is 0 Å². The van der Waals surface area contributed by atoms with Crippen molar-refractivity contribution in [2.24, 2.45) is 0 Å². The molecule has 1 heterocycles. The molecule has 0 amide bonds. The zero-order valence-corrected chi connectivity index (χ0v) is 11.4. The third-order valence-electron chi connectivity index (χ3n) is 2.98. The number of para-hydroxylation sites is 1. The van der Waals surface area contributed by atoms with Crippen LogP contribution in [0, 0.1) is 6.92 Å². The van der Waals surface area contributed by atoms with E-state index in [4.69, 9.17) is 0 Å². The molecule has 0 unspecified atom stereocenters. The molecule has 6 heteroatoms. The van der Waals surface area contributed by atoms with Crippen molar-refractivity contribution in [1.29, 1.82) is 0 Å². The maximum atomic E-state index is 12.3. The number of benzene rings is 1. The minimum absolute atomic E-state index is 0.180. The highest BCUT2D eigenvalue weighted by Gasteiger charge is 2.31. The van der Waals surface area contributed by atoms with E-state index in [1.54, 1.807) is 24.5 Å². The summed E-state index contributed by atoms with van der Waals surface area (Å²) in [5.74, 6) is -0.180. The summed E-state index contributed by atoms with van der Waals surface area (Å²) in [7, 11) is 0. The Bertz CT molecular complexity index is 599. The summed E-state index contributed by atoms with van der Waals surface area (Å²) < 4.78 is 40.9. The smallest absolute Gasteiger partial charge is 0.405 e. The van der Waals surface area contributed by atoms with Gasteiger partial charge in [0, 0.05) is 31.0 Å². The van der Waals surface area contributed by atoms with Crippen LogP contribution in [0.3, 0.4) is 0 Å². The Morgan fingerprint density at radius 3 is 2.52 bits per heavy atom. The van der Waals surface area contributed by atoms with Crippen LogP contribution < -0.4 is 10.1 Å². The van der Waals surface area contributed by atoms with Gasteiger partial charge in [-0.05, 0) is 30.2 Å². The first kappa shape index (κ1) is 15.3. The van der Waals surface area contributed by atoms with Gasteiger partial charge in [0.05, 0.1) is 0 Å². The van der Waals surface area contributed by atoms with Gasteiger partial charge in [0.1, 0.15) is 5.75 Å². The second-order valence-corrected chi connectivity index (χ2v) is 4.56. The Hall–Kier alpha value is -2.08. The molecular weight excluding hydrogens is 281 g/mol. The van der Waals surface area contributed by atoms with E-state index >= 15 is 0 Å². The molecule has 112 valence electrons.